The quantitative estimate of drug-likeness (QED) is 0.830. The summed E-state index contributed by atoms with van der Waals surface area (Å²) in [4.78, 5) is 3.86. The summed E-state index contributed by atoms with van der Waals surface area (Å²) in [6.45, 7) is 3.14. The minimum absolute atomic E-state index is 0.150. The Balaban J connectivity index is 2.39. The smallest absolute Gasteiger partial charge is 0.389 e. The molecule has 0 aliphatic rings. The van der Waals surface area contributed by atoms with Crippen LogP contribution < -0.4 is 5.32 Å². The van der Waals surface area contributed by atoms with Gasteiger partial charge in [-0.3, -0.25) is 0 Å². The van der Waals surface area contributed by atoms with E-state index in [4.69, 9.17) is 4.42 Å². The second-order valence-electron chi connectivity index (χ2n) is 3.12. The molecule has 0 saturated carbocycles. The molecule has 1 aromatic rings. The van der Waals surface area contributed by atoms with Gasteiger partial charge in [-0.15, -0.1) is 0 Å². The van der Waals surface area contributed by atoms with Gasteiger partial charge in [-0.25, -0.2) is 4.98 Å². The lowest BCUT2D eigenvalue weighted by Crippen LogP contribution is -2.11. The Hall–Kier alpha value is -1.04. The van der Waals surface area contributed by atoms with Crippen LogP contribution in [-0.4, -0.2) is 17.7 Å². The Morgan fingerprint density at radius 2 is 2.20 bits per heavy atom. The second kappa shape index (κ2) is 5.16. The van der Waals surface area contributed by atoms with Gasteiger partial charge in [0.05, 0.1) is 19.2 Å². The summed E-state index contributed by atoms with van der Waals surface area (Å²) >= 11 is 0. The lowest BCUT2D eigenvalue weighted by Gasteiger charge is -2.02. The summed E-state index contributed by atoms with van der Waals surface area (Å²) in [5.41, 5.74) is 0. The van der Waals surface area contributed by atoms with Crippen molar-refractivity contribution in [2.45, 2.75) is 32.5 Å². The van der Waals surface area contributed by atoms with Crippen LogP contribution in [0.4, 0.5) is 13.2 Å². The first-order valence-corrected chi connectivity index (χ1v) is 4.72. The van der Waals surface area contributed by atoms with Gasteiger partial charge in [0.2, 0.25) is 5.89 Å². The van der Waals surface area contributed by atoms with Crippen LogP contribution in [0, 0.1) is 0 Å². The van der Waals surface area contributed by atoms with Gasteiger partial charge in [-0.05, 0) is 6.54 Å². The van der Waals surface area contributed by atoms with Gasteiger partial charge < -0.3 is 9.73 Å². The summed E-state index contributed by atoms with van der Waals surface area (Å²) < 4.78 is 40.7. The number of alkyl halides is 3. The van der Waals surface area contributed by atoms with Crippen LogP contribution >= 0.6 is 0 Å². The highest BCUT2D eigenvalue weighted by Gasteiger charge is 2.27. The van der Waals surface area contributed by atoms with Crippen molar-refractivity contribution < 1.29 is 17.6 Å². The summed E-state index contributed by atoms with van der Waals surface area (Å²) in [5.74, 6) is 0.703. The molecule has 0 unspecified atom stereocenters. The molecule has 0 aromatic carbocycles. The number of nitrogens with one attached hydrogen (secondary N) is 1. The van der Waals surface area contributed by atoms with Crippen LogP contribution in [0.2, 0.25) is 0 Å². The van der Waals surface area contributed by atoms with E-state index in [9.17, 15) is 13.2 Å². The van der Waals surface area contributed by atoms with Gasteiger partial charge in [0.1, 0.15) is 5.76 Å². The fourth-order valence-electron chi connectivity index (χ4n) is 1.04. The monoisotopic (exact) mass is 222 g/mol. The fraction of sp³-hybridized carbons (Fsp3) is 0.667. The largest absolute Gasteiger partial charge is 0.444 e. The molecule has 86 valence electrons. The average molecular weight is 222 g/mol. The second-order valence-corrected chi connectivity index (χ2v) is 3.12. The van der Waals surface area contributed by atoms with Gasteiger partial charge in [0, 0.05) is 6.42 Å². The third kappa shape index (κ3) is 4.83. The maximum atomic E-state index is 11.9. The van der Waals surface area contributed by atoms with Gasteiger partial charge in [-0.1, -0.05) is 6.92 Å². The van der Waals surface area contributed by atoms with E-state index >= 15 is 0 Å². The van der Waals surface area contributed by atoms with Crippen LogP contribution in [0.25, 0.3) is 0 Å². The van der Waals surface area contributed by atoms with E-state index in [1.807, 2.05) is 6.92 Å². The molecule has 0 aliphatic carbocycles. The van der Waals surface area contributed by atoms with Crippen molar-refractivity contribution in [1.29, 1.82) is 0 Å². The molecule has 0 bridgehead atoms. The Kier molecular flexibility index (Phi) is 4.14. The Morgan fingerprint density at radius 1 is 1.47 bits per heavy atom. The minimum Gasteiger partial charge on any atom is -0.444 e. The minimum atomic E-state index is -4.14. The first-order chi connectivity index (χ1) is 7.01. The summed E-state index contributed by atoms with van der Waals surface area (Å²) in [6.07, 6.45) is -3.82. The maximum absolute atomic E-state index is 11.9. The van der Waals surface area contributed by atoms with Crippen molar-refractivity contribution in [2.75, 3.05) is 6.54 Å². The molecule has 1 N–H and O–H groups in total. The number of aromatic nitrogens is 1. The van der Waals surface area contributed by atoms with Crippen molar-refractivity contribution in [3.63, 3.8) is 0 Å². The molecule has 3 nitrogen and oxygen atoms in total. The van der Waals surface area contributed by atoms with E-state index in [1.54, 1.807) is 0 Å². The van der Waals surface area contributed by atoms with Gasteiger partial charge in [0.15, 0.2) is 0 Å². The van der Waals surface area contributed by atoms with Gasteiger partial charge in [0.25, 0.3) is 0 Å². The van der Waals surface area contributed by atoms with Gasteiger partial charge >= 0.3 is 6.18 Å². The Bertz CT molecular complexity index is 296. The highest BCUT2D eigenvalue weighted by Crippen LogP contribution is 2.22. The van der Waals surface area contributed by atoms with E-state index in [-0.39, 0.29) is 12.2 Å². The summed E-state index contributed by atoms with van der Waals surface area (Å²) in [5, 5.41) is 2.97. The number of rotatable bonds is 5. The van der Waals surface area contributed by atoms with Crippen molar-refractivity contribution >= 4 is 0 Å². The molecule has 6 heteroatoms. The first kappa shape index (κ1) is 12.0. The predicted octanol–water partition coefficient (Wildman–Crippen LogP) is 2.28. The van der Waals surface area contributed by atoms with Crippen LogP contribution in [0.5, 0.6) is 0 Å². The van der Waals surface area contributed by atoms with Crippen LogP contribution in [0.1, 0.15) is 25.0 Å². The number of nitrogens with zero attached hydrogens (tertiary/aromatic N) is 1. The third-order valence-electron chi connectivity index (χ3n) is 1.78. The van der Waals surface area contributed by atoms with E-state index in [0.717, 1.165) is 6.54 Å². The van der Waals surface area contributed by atoms with E-state index in [1.165, 1.54) is 6.20 Å². The van der Waals surface area contributed by atoms with Crippen LogP contribution in [0.15, 0.2) is 10.6 Å². The molecule has 1 aromatic heterocycles. The van der Waals surface area contributed by atoms with Crippen molar-refractivity contribution in [2.24, 2.45) is 0 Å². The molecule has 1 heterocycles. The molecule has 0 atom stereocenters. The number of halogens is 3. The first-order valence-electron chi connectivity index (χ1n) is 4.72. The zero-order valence-electron chi connectivity index (χ0n) is 8.40. The zero-order valence-corrected chi connectivity index (χ0v) is 8.40. The number of hydrogen-bond acceptors (Lipinski definition) is 3. The van der Waals surface area contributed by atoms with E-state index in [0.29, 0.717) is 12.4 Å². The molecule has 15 heavy (non-hydrogen) atoms. The SMILES string of the molecule is CCNCc1ncc(CCC(F)(F)F)o1. The number of oxazole rings is 1. The van der Waals surface area contributed by atoms with Crippen molar-refractivity contribution in [3.8, 4) is 0 Å². The van der Waals surface area contributed by atoms with Gasteiger partial charge in [-0.2, -0.15) is 13.2 Å². The molecule has 0 saturated heterocycles. The molecular formula is C9H13F3N2O. The number of aryl methyl sites for hydroxylation is 1. The molecule has 0 fully saturated rings. The summed E-state index contributed by atoms with van der Waals surface area (Å²) in [7, 11) is 0. The normalized spacial score (nSPS) is 12.0. The van der Waals surface area contributed by atoms with Crippen molar-refractivity contribution in [3.05, 3.63) is 17.8 Å². The Labute approximate surface area is 85.7 Å². The highest BCUT2D eigenvalue weighted by atomic mass is 19.4. The molecule has 1 rings (SSSR count). The lowest BCUT2D eigenvalue weighted by atomic mass is 10.2. The lowest BCUT2D eigenvalue weighted by molar-refractivity contribution is -0.134. The molecule has 0 aliphatic heterocycles. The van der Waals surface area contributed by atoms with Crippen LogP contribution in [-0.2, 0) is 13.0 Å². The van der Waals surface area contributed by atoms with E-state index in [2.05, 4.69) is 10.3 Å². The van der Waals surface area contributed by atoms with Crippen molar-refractivity contribution in [1.82, 2.24) is 10.3 Å². The maximum Gasteiger partial charge on any atom is 0.389 e. The zero-order chi connectivity index (χ0) is 11.3. The average Bonchev–Trinajstić information content (AvgIpc) is 2.58. The molecule has 0 radical (unpaired) electrons. The molecule has 0 spiro atoms. The highest BCUT2D eigenvalue weighted by molar-refractivity contribution is 4.94. The third-order valence-corrected chi connectivity index (χ3v) is 1.78. The fourth-order valence-corrected chi connectivity index (χ4v) is 1.04. The van der Waals surface area contributed by atoms with Crippen LogP contribution in [0.3, 0.4) is 0 Å². The standard InChI is InChI=1S/C9H13F3N2O/c1-2-13-6-8-14-5-7(15-8)3-4-9(10,11)12/h5,13H,2-4,6H2,1H3. The molecular weight excluding hydrogens is 209 g/mol. The predicted molar refractivity (Wildman–Crippen MR) is 48.3 cm³/mol. The topological polar surface area (TPSA) is 38.1 Å². The number of hydrogen-bond donors (Lipinski definition) is 1. The molecule has 0 amide bonds. The summed E-state index contributed by atoms with van der Waals surface area (Å²) in [6, 6.07) is 0. The van der Waals surface area contributed by atoms with E-state index < -0.39 is 12.6 Å². The Morgan fingerprint density at radius 3 is 2.80 bits per heavy atom.